The summed E-state index contributed by atoms with van der Waals surface area (Å²) in [6.07, 6.45) is 7.03. The van der Waals surface area contributed by atoms with Crippen LogP contribution in [0.5, 0.6) is 0 Å². The first-order chi connectivity index (χ1) is 7.29. The highest BCUT2D eigenvalue weighted by Gasteiger charge is 2.33. The van der Waals surface area contributed by atoms with Crippen molar-refractivity contribution in [3.8, 4) is 0 Å². The standard InChI is InChI=1S/C12H23NS2/c1-9-12(15-8-7-14-9)11(13)10-5-3-2-4-6-10/h9-12H,2-8,13H2,1H3. The third kappa shape index (κ3) is 3.07. The smallest absolute Gasteiger partial charge is 0.0318 e. The van der Waals surface area contributed by atoms with Crippen LogP contribution in [0.3, 0.4) is 0 Å². The Morgan fingerprint density at radius 1 is 1.07 bits per heavy atom. The Bertz CT molecular complexity index is 192. The molecule has 0 aromatic heterocycles. The minimum atomic E-state index is 0.457. The number of hydrogen-bond donors (Lipinski definition) is 1. The molecule has 2 rings (SSSR count). The van der Waals surface area contributed by atoms with Gasteiger partial charge in [0, 0.05) is 28.0 Å². The third-order valence-electron chi connectivity index (χ3n) is 3.81. The maximum absolute atomic E-state index is 6.48. The van der Waals surface area contributed by atoms with Crippen LogP contribution in [0, 0.1) is 5.92 Å². The molecule has 1 heterocycles. The van der Waals surface area contributed by atoms with Gasteiger partial charge in [-0.3, -0.25) is 0 Å². The Hall–Kier alpha value is 0.660. The number of thioether (sulfide) groups is 2. The molecule has 2 aliphatic rings. The number of hydrogen-bond acceptors (Lipinski definition) is 3. The topological polar surface area (TPSA) is 26.0 Å². The molecule has 0 radical (unpaired) electrons. The van der Waals surface area contributed by atoms with Gasteiger partial charge in [-0.2, -0.15) is 23.5 Å². The Kier molecular flexibility index (Phi) is 4.71. The quantitative estimate of drug-likeness (QED) is 0.809. The summed E-state index contributed by atoms with van der Waals surface area (Å²) in [5.41, 5.74) is 6.48. The van der Waals surface area contributed by atoms with Crippen LogP contribution in [0.4, 0.5) is 0 Å². The van der Waals surface area contributed by atoms with Gasteiger partial charge < -0.3 is 5.73 Å². The lowest BCUT2D eigenvalue weighted by atomic mass is 9.82. The first kappa shape index (κ1) is 12.1. The normalized spacial score (nSPS) is 36.4. The molecule has 15 heavy (non-hydrogen) atoms. The lowest BCUT2D eigenvalue weighted by Gasteiger charge is -2.38. The maximum atomic E-state index is 6.48. The molecule has 3 heteroatoms. The molecule has 88 valence electrons. The first-order valence-corrected chi connectivity index (χ1v) is 8.37. The van der Waals surface area contributed by atoms with Crippen LogP contribution in [0.1, 0.15) is 39.0 Å². The van der Waals surface area contributed by atoms with Gasteiger partial charge in [0.15, 0.2) is 0 Å². The predicted octanol–water partition coefficient (Wildman–Crippen LogP) is 3.13. The molecule has 3 unspecified atom stereocenters. The second-order valence-electron chi connectivity index (χ2n) is 4.89. The molecular weight excluding hydrogens is 222 g/mol. The fourth-order valence-corrected chi connectivity index (χ4v) is 5.83. The van der Waals surface area contributed by atoms with Gasteiger partial charge in [0.1, 0.15) is 0 Å². The van der Waals surface area contributed by atoms with Gasteiger partial charge in [-0.15, -0.1) is 0 Å². The van der Waals surface area contributed by atoms with Crippen LogP contribution >= 0.6 is 23.5 Å². The lowest BCUT2D eigenvalue weighted by Crippen LogP contribution is -2.46. The summed E-state index contributed by atoms with van der Waals surface area (Å²) in [7, 11) is 0. The summed E-state index contributed by atoms with van der Waals surface area (Å²) in [6, 6.07) is 0.457. The molecule has 0 aromatic rings. The zero-order valence-corrected chi connectivity index (χ0v) is 11.3. The van der Waals surface area contributed by atoms with Crippen molar-refractivity contribution in [2.75, 3.05) is 11.5 Å². The van der Waals surface area contributed by atoms with Crippen LogP contribution in [0.25, 0.3) is 0 Å². The highest BCUT2D eigenvalue weighted by Crippen LogP contribution is 2.37. The second-order valence-corrected chi connectivity index (χ2v) is 7.66. The summed E-state index contributed by atoms with van der Waals surface area (Å²) in [5, 5.41) is 1.48. The first-order valence-electron chi connectivity index (χ1n) is 6.28. The summed E-state index contributed by atoms with van der Waals surface area (Å²) in [4.78, 5) is 0. The van der Waals surface area contributed by atoms with E-state index in [1.165, 1.54) is 43.6 Å². The van der Waals surface area contributed by atoms with Gasteiger partial charge in [-0.1, -0.05) is 26.2 Å². The van der Waals surface area contributed by atoms with Crippen molar-refractivity contribution in [1.82, 2.24) is 0 Å². The van der Waals surface area contributed by atoms with E-state index >= 15 is 0 Å². The molecule has 1 saturated carbocycles. The molecule has 1 saturated heterocycles. The van der Waals surface area contributed by atoms with E-state index in [-0.39, 0.29) is 0 Å². The molecule has 2 N–H and O–H groups in total. The average molecular weight is 245 g/mol. The van der Waals surface area contributed by atoms with Gasteiger partial charge in [-0.05, 0) is 18.8 Å². The van der Waals surface area contributed by atoms with Gasteiger partial charge >= 0.3 is 0 Å². The highest BCUT2D eigenvalue weighted by atomic mass is 32.2. The monoisotopic (exact) mass is 245 g/mol. The molecule has 1 aliphatic carbocycles. The SMILES string of the molecule is CC1SCCSC1C(N)C1CCCCC1. The molecule has 0 bridgehead atoms. The molecule has 3 atom stereocenters. The van der Waals surface area contributed by atoms with Gasteiger partial charge in [0.25, 0.3) is 0 Å². The largest absolute Gasteiger partial charge is 0.326 e. The molecule has 1 nitrogen and oxygen atoms in total. The molecule has 1 aliphatic heterocycles. The van der Waals surface area contributed by atoms with Crippen molar-refractivity contribution in [3.63, 3.8) is 0 Å². The Morgan fingerprint density at radius 2 is 1.73 bits per heavy atom. The van der Waals surface area contributed by atoms with Crippen molar-refractivity contribution in [2.24, 2.45) is 11.7 Å². The van der Waals surface area contributed by atoms with E-state index in [9.17, 15) is 0 Å². The Labute approximate surface area is 102 Å². The van der Waals surface area contributed by atoms with Gasteiger partial charge in [-0.25, -0.2) is 0 Å². The van der Waals surface area contributed by atoms with Crippen LogP contribution in [0.2, 0.25) is 0 Å². The van der Waals surface area contributed by atoms with Crippen molar-refractivity contribution in [1.29, 1.82) is 0 Å². The minimum absolute atomic E-state index is 0.457. The van der Waals surface area contributed by atoms with Crippen LogP contribution in [-0.4, -0.2) is 28.0 Å². The summed E-state index contributed by atoms with van der Waals surface area (Å²) in [5.74, 6) is 3.44. The minimum Gasteiger partial charge on any atom is -0.326 e. The molecular formula is C12H23NS2. The summed E-state index contributed by atoms with van der Waals surface area (Å²) < 4.78 is 0. The molecule has 0 spiro atoms. The van der Waals surface area contributed by atoms with Crippen molar-refractivity contribution in [3.05, 3.63) is 0 Å². The van der Waals surface area contributed by atoms with E-state index < -0.39 is 0 Å². The summed E-state index contributed by atoms with van der Waals surface area (Å²) >= 11 is 4.24. The molecule has 0 aromatic carbocycles. The highest BCUT2D eigenvalue weighted by molar-refractivity contribution is 8.07. The Balaban J connectivity index is 1.89. The summed E-state index contributed by atoms with van der Waals surface area (Å²) in [6.45, 7) is 2.37. The van der Waals surface area contributed by atoms with E-state index in [1.54, 1.807) is 0 Å². The maximum Gasteiger partial charge on any atom is 0.0318 e. The molecule has 0 amide bonds. The van der Waals surface area contributed by atoms with Gasteiger partial charge in [0.05, 0.1) is 0 Å². The van der Waals surface area contributed by atoms with E-state index in [4.69, 9.17) is 5.73 Å². The van der Waals surface area contributed by atoms with E-state index in [2.05, 4.69) is 30.4 Å². The number of rotatable bonds is 2. The van der Waals surface area contributed by atoms with E-state index in [0.717, 1.165) is 11.2 Å². The van der Waals surface area contributed by atoms with E-state index in [1.807, 2.05) is 0 Å². The third-order valence-corrected chi connectivity index (χ3v) is 7.05. The fraction of sp³-hybridized carbons (Fsp3) is 1.00. The lowest BCUT2D eigenvalue weighted by molar-refractivity contribution is 0.299. The van der Waals surface area contributed by atoms with E-state index in [0.29, 0.717) is 11.3 Å². The van der Waals surface area contributed by atoms with Crippen molar-refractivity contribution >= 4 is 23.5 Å². The molecule has 2 fully saturated rings. The second kappa shape index (κ2) is 5.83. The zero-order valence-electron chi connectivity index (χ0n) is 9.65. The fourth-order valence-electron chi connectivity index (χ4n) is 2.86. The Morgan fingerprint density at radius 3 is 2.40 bits per heavy atom. The zero-order chi connectivity index (χ0) is 10.7. The van der Waals surface area contributed by atoms with Crippen molar-refractivity contribution < 1.29 is 0 Å². The number of nitrogens with two attached hydrogens (primary N) is 1. The van der Waals surface area contributed by atoms with Crippen LogP contribution in [0.15, 0.2) is 0 Å². The van der Waals surface area contributed by atoms with Gasteiger partial charge in [0.2, 0.25) is 0 Å². The predicted molar refractivity (Wildman–Crippen MR) is 72.7 cm³/mol. The van der Waals surface area contributed by atoms with Crippen LogP contribution < -0.4 is 5.73 Å². The average Bonchev–Trinajstić information content (AvgIpc) is 2.30. The van der Waals surface area contributed by atoms with Crippen LogP contribution in [-0.2, 0) is 0 Å². The van der Waals surface area contributed by atoms with Crippen molar-refractivity contribution in [2.45, 2.75) is 55.6 Å².